The molecule has 0 fully saturated rings. The zero-order valence-corrected chi connectivity index (χ0v) is 5.88. The molecule has 0 atom stereocenters. The van der Waals surface area contributed by atoms with E-state index in [0.29, 0.717) is 11.0 Å². The van der Waals surface area contributed by atoms with Gasteiger partial charge in [-0.1, -0.05) is 0 Å². The Labute approximate surface area is 66.5 Å². The molecule has 1 N–H and O–H groups in total. The molecule has 0 radical (unpaired) electrons. The summed E-state index contributed by atoms with van der Waals surface area (Å²) in [6.45, 7) is 0. The molecular weight excluding hydrogens is 160 g/mol. The lowest BCUT2D eigenvalue weighted by Gasteiger charge is -1.91. The number of carbonyl (C=O) groups is 1. The molecule has 2 aromatic heterocycles. The highest BCUT2D eigenvalue weighted by molar-refractivity contribution is 5.83. The third-order valence-electron chi connectivity index (χ3n) is 1.41. The van der Waals surface area contributed by atoms with Gasteiger partial charge in [0, 0.05) is 6.20 Å². The van der Waals surface area contributed by atoms with E-state index in [1.54, 1.807) is 0 Å². The van der Waals surface area contributed by atoms with Gasteiger partial charge in [0.1, 0.15) is 6.33 Å². The molecule has 2 heterocycles. The van der Waals surface area contributed by atoms with Crippen molar-refractivity contribution in [3.8, 4) is 0 Å². The van der Waals surface area contributed by atoms with Crippen LogP contribution in [0.25, 0.3) is 11.0 Å². The van der Waals surface area contributed by atoms with Crippen molar-refractivity contribution in [1.82, 2.24) is 19.7 Å². The van der Waals surface area contributed by atoms with Gasteiger partial charge in [0.2, 0.25) is 0 Å². The number of hydrogen-bond donors (Lipinski definition) is 1. The standard InChI is InChI=1S/C6H4N4O2/c11-6(12)10-5-4(2-9-10)1-7-3-8-5/h1-3H,(H,11,12). The van der Waals surface area contributed by atoms with Crippen molar-refractivity contribution in [3.63, 3.8) is 0 Å². The molecule has 0 amide bonds. The molecule has 2 rings (SSSR count). The lowest BCUT2D eigenvalue weighted by molar-refractivity contribution is 0.194. The molecule has 2 aromatic rings. The Bertz CT molecular complexity index is 436. The average molecular weight is 164 g/mol. The lowest BCUT2D eigenvalue weighted by Crippen LogP contribution is -2.09. The predicted molar refractivity (Wildman–Crippen MR) is 38.7 cm³/mol. The van der Waals surface area contributed by atoms with E-state index in [1.165, 1.54) is 18.7 Å². The molecule has 6 heteroatoms. The molecule has 0 bridgehead atoms. The molecule has 0 aliphatic rings. The molecular formula is C6H4N4O2. The quantitative estimate of drug-likeness (QED) is 0.607. The normalized spacial score (nSPS) is 10.3. The van der Waals surface area contributed by atoms with Crippen LogP contribution < -0.4 is 0 Å². The van der Waals surface area contributed by atoms with Gasteiger partial charge in [-0.25, -0.2) is 14.8 Å². The summed E-state index contributed by atoms with van der Waals surface area (Å²) < 4.78 is 0.803. The van der Waals surface area contributed by atoms with Crippen molar-refractivity contribution in [3.05, 3.63) is 18.7 Å². The van der Waals surface area contributed by atoms with Gasteiger partial charge in [0.05, 0.1) is 11.6 Å². The summed E-state index contributed by atoms with van der Waals surface area (Å²) in [5.74, 6) is 0. The minimum atomic E-state index is -1.15. The molecule has 0 spiro atoms. The fourth-order valence-corrected chi connectivity index (χ4v) is 0.917. The summed E-state index contributed by atoms with van der Waals surface area (Å²) in [7, 11) is 0. The Kier molecular flexibility index (Phi) is 1.26. The third-order valence-corrected chi connectivity index (χ3v) is 1.41. The second-order valence-corrected chi connectivity index (χ2v) is 2.14. The van der Waals surface area contributed by atoms with E-state index in [2.05, 4.69) is 15.1 Å². The monoisotopic (exact) mass is 164 g/mol. The van der Waals surface area contributed by atoms with Gasteiger partial charge in [-0.05, 0) is 0 Å². The second-order valence-electron chi connectivity index (χ2n) is 2.14. The number of fused-ring (bicyclic) bond motifs is 1. The van der Waals surface area contributed by atoms with Crippen LogP contribution in [0.15, 0.2) is 18.7 Å². The van der Waals surface area contributed by atoms with Crippen molar-refractivity contribution in [2.45, 2.75) is 0 Å². The Morgan fingerprint density at radius 2 is 2.33 bits per heavy atom. The van der Waals surface area contributed by atoms with Gasteiger partial charge < -0.3 is 5.11 Å². The Morgan fingerprint density at radius 1 is 1.50 bits per heavy atom. The van der Waals surface area contributed by atoms with Crippen molar-refractivity contribution in [1.29, 1.82) is 0 Å². The molecule has 12 heavy (non-hydrogen) atoms. The largest absolute Gasteiger partial charge is 0.463 e. The smallest absolute Gasteiger partial charge is 0.434 e. The summed E-state index contributed by atoms with van der Waals surface area (Å²) in [4.78, 5) is 18.0. The highest BCUT2D eigenvalue weighted by Crippen LogP contribution is 2.06. The zero-order valence-electron chi connectivity index (χ0n) is 5.88. The van der Waals surface area contributed by atoms with E-state index >= 15 is 0 Å². The maximum absolute atomic E-state index is 10.5. The van der Waals surface area contributed by atoms with Crippen LogP contribution in [-0.2, 0) is 0 Å². The Morgan fingerprint density at radius 3 is 3.08 bits per heavy atom. The molecule has 0 saturated heterocycles. The van der Waals surface area contributed by atoms with Gasteiger partial charge in [-0.3, -0.25) is 0 Å². The van der Waals surface area contributed by atoms with E-state index in [-0.39, 0.29) is 0 Å². The fraction of sp³-hybridized carbons (Fsp3) is 0. The summed E-state index contributed by atoms with van der Waals surface area (Å²) in [5, 5.41) is 12.8. The summed E-state index contributed by atoms with van der Waals surface area (Å²) >= 11 is 0. The van der Waals surface area contributed by atoms with Gasteiger partial charge in [0.25, 0.3) is 0 Å². The summed E-state index contributed by atoms with van der Waals surface area (Å²) in [6, 6.07) is 0. The highest BCUT2D eigenvalue weighted by atomic mass is 16.4. The van der Waals surface area contributed by atoms with Crippen LogP contribution in [-0.4, -0.2) is 30.9 Å². The van der Waals surface area contributed by atoms with Crippen molar-refractivity contribution in [2.75, 3.05) is 0 Å². The van der Waals surface area contributed by atoms with Crippen molar-refractivity contribution >= 4 is 17.1 Å². The number of nitrogens with zero attached hydrogens (tertiary/aromatic N) is 4. The maximum Gasteiger partial charge on any atom is 0.434 e. The van der Waals surface area contributed by atoms with Gasteiger partial charge in [0.15, 0.2) is 5.65 Å². The summed E-state index contributed by atoms with van der Waals surface area (Å²) in [5.41, 5.74) is 0.303. The summed E-state index contributed by atoms with van der Waals surface area (Å²) in [6.07, 6.45) is 3.05. The van der Waals surface area contributed by atoms with E-state index in [0.717, 1.165) is 4.68 Å². The Balaban J connectivity index is 2.79. The van der Waals surface area contributed by atoms with Crippen LogP contribution in [0, 0.1) is 0 Å². The van der Waals surface area contributed by atoms with Crippen molar-refractivity contribution < 1.29 is 9.90 Å². The van der Waals surface area contributed by atoms with Gasteiger partial charge >= 0.3 is 6.09 Å². The first-order valence-corrected chi connectivity index (χ1v) is 3.16. The molecule has 6 nitrogen and oxygen atoms in total. The first-order valence-electron chi connectivity index (χ1n) is 3.16. The van der Waals surface area contributed by atoms with Crippen LogP contribution in [0.1, 0.15) is 0 Å². The van der Waals surface area contributed by atoms with Crippen LogP contribution in [0.2, 0.25) is 0 Å². The minimum absolute atomic E-state index is 0.303. The van der Waals surface area contributed by atoms with Crippen LogP contribution >= 0.6 is 0 Å². The van der Waals surface area contributed by atoms with Crippen molar-refractivity contribution in [2.24, 2.45) is 0 Å². The first kappa shape index (κ1) is 6.71. The SMILES string of the molecule is O=C(O)n1ncc2cncnc21. The van der Waals surface area contributed by atoms with Crippen LogP contribution in [0.5, 0.6) is 0 Å². The van der Waals surface area contributed by atoms with Crippen LogP contribution in [0.4, 0.5) is 4.79 Å². The molecule has 0 aliphatic carbocycles. The number of aromatic nitrogens is 4. The minimum Gasteiger partial charge on any atom is -0.463 e. The highest BCUT2D eigenvalue weighted by Gasteiger charge is 2.08. The fourth-order valence-electron chi connectivity index (χ4n) is 0.917. The van der Waals surface area contributed by atoms with Gasteiger partial charge in [-0.2, -0.15) is 5.10 Å². The van der Waals surface area contributed by atoms with E-state index in [4.69, 9.17) is 5.11 Å². The number of hydrogen-bond acceptors (Lipinski definition) is 4. The zero-order chi connectivity index (χ0) is 8.55. The van der Waals surface area contributed by atoms with E-state index in [1.807, 2.05) is 0 Å². The molecule has 0 aromatic carbocycles. The lowest BCUT2D eigenvalue weighted by atomic mass is 10.4. The molecule has 0 aliphatic heterocycles. The van der Waals surface area contributed by atoms with E-state index in [9.17, 15) is 4.79 Å². The first-order chi connectivity index (χ1) is 5.79. The molecule has 0 unspecified atom stereocenters. The predicted octanol–water partition coefficient (Wildman–Crippen LogP) is 0.352. The maximum atomic E-state index is 10.5. The second kappa shape index (κ2) is 2.26. The third kappa shape index (κ3) is 0.815. The topological polar surface area (TPSA) is 80.9 Å². The Hall–Kier alpha value is -1.98. The average Bonchev–Trinajstić information content (AvgIpc) is 2.47. The molecule has 0 saturated carbocycles. The van der Waals surface area contributed by atoms with E-state index < -0.39 is 6.09 Å². The van der Waals surface area contributed by atoms with Gasteiger partial charge in [-0.15, -0.1) is 4.68 Å². The van der Waals surface area contributed by atoms with Crippen LogP contribution in [0.3, 0.4) is 0 Å². The number of rotatable bonds is 0. The molecule has 60 valence electrons. The number of carboxylic acid groups (broad SMARTS) is 1.